The third-order valence-corrected chi connectivity index (χ3v) is 7.35. The SMILES string of the molecule is O=P(O)(O)OP(=O)(O)OC(CCCl)C(C(O)CCCl)(C(O)CCCl)C(O)CCCl. The van der Waals surface area contributed by atoms with E-state index in [0.29, 0.717) is 0 Å². The topological polar surface area (TPSA) is 174 Å². The van der Waals surface area contributed by atoms with Crippen molar-refractivity contribution < 1.29 is 48.0 Å². The molecule has 5 atom stereocenters. The number of hydrogen-bond acceptors (Lipinski definition) is 7. The van der Waals surface area contributed by atoms with E-state index >= 15 is 0 Å². The van der Waals surface area contributed by atoms with Crippen LogP contribution in [0.2, 0.25) is 0 Å². The summed E-state index contributed by atoms with van der Waals surface area (Å²) in [6, 6.07) is 0. The van der Waals surface area contributed by atoms with E-state index in [1.54, 1.807) is 0 Å². The Morgan fingerprint density at radius 2 is 1.07 bits per heavy atom. The van der Waals surface area contributed by atoms with Crippen molar-refractivity contribution in [3.05, 3.63) is 0 Å². The van der Waals surface area contributed by atoms with Crippen LogP contribution in [0.1, 0.15) is 25.7 Å². The summed E-state index contributed by atoms with van der Waals surface area (Å²) < 4.78 is 31.9. The monoisotopic (exact) mass is 544 g/mol. The van der Waals surface area contributed by atoms with Gasteiger partial charge in [0.15, 0.2) is 0 Å². The molecule has 0 rings (SSSR count). The molecule has 16 heteroatoms. The van der Waals surface area contributed by atoms with E-state index in [0.717, 1.165) is 0 Å². The highest BCUT2D eigenvalue weighted by Crippen LogP contribution is 2.60. The van der Waals surface area contributed by atoms with Gasteiger partial charge in [-0.1, -0.05) is 0 Å². The second-order valence-corrected chi connectivity index (χ2v) is 10.4. The maximum Gasteiger partial charge on any atom is 0.481 e. The Bertz CT molecular complexity index is 534. The highest BCUT2D eigenvalue weighted by molar-refractivity contribution is 7.60. The predicted molar refractivity (Wildman–Crippen MR) is 110 cm³/mol. The third-order valence-electron chi connectivity index (χ3n) is 4.28. The second-order valence-electron chi connectivity index (χ2n) is 6.09. The molecule has 0 spiro atoms. The van der Waals surface area contributed by atoms with Crippen molar-refractivity contribution in [2.24, 2.45) is 5.41 Å². The molecule has 6 N–H and O–H groups in total. The van der Waals surface area contributed by atoms with Crippen LogP contribution >= 0.6 is 62.0 Å². The molecule has 29 heavy (non-hydrogen) atoms. The Morgan fingerprint density at radius 3 is 1.34 bits per heavy atom. The zero-order chi connectivity index (χ0) is 22.9. The third kappa shape index (κ3) is 9.36. The first-order chi connectivity index (χ1) is 13.3. The fourth-order valence-electron chi connectivity index (χ4n) is 3.18. The molecule has 10 nitrogen and oxygen atoms in total. The van der Waals surface area contributed by atoms with Crippen LogP contribution in [0.4, 0.5) is 0 Å². The van der Waals surface area contributed by atoms with Crippen molar-refractivity contribution in [2.75, 3.05) is 23.5 Å². The van der Waals surface area contributed by atoms with Crippen molar-refractivity contribution >= 4 is 62.0 Å². The minimum Gasteiger partial charge on any atom is -0.392 e. The predicted octanol–water partition coefficient (Wildman–Crippen LogP) is 2.17. The highest BCUT2D eigenvalue weighted by atomic mass is 35.5. The van der Waals surface area contributed by atoms with Gasteiger partial charge in [0.25, 0.3) is 0 Å². The van der Waals surface area contributed by atoms with Gasteiger partial charge in [0.2, 0.25) is 0 Å². The average molecular weight is 546 g/mol. The van der Waals surface area contributed by atoms with Gasteiger partial charge in [0, 0.05) is 23.5 Å². The van der Waals surface area contributed by atoms with E-state index < -0.39 is 45.5 Å². The maximum absolute atomic E-state index is 12.2. The summed E-state index contributed by atoms with van der Waals surface area (Å²) in [7, 11) is -10.9. The first-order valence-corrected chi connectivity index (χ1v) is 13.5. The van der Waals surface area contributed by atoms with Gasteiger partial charge >= 0.3 is 15.6 Å². The normalized spacial score (nSPS) is 21.0. The van der Waals surface area contributed by atoms with E-state index in [2.05, 4.69) is 4.31 Å². The second kappa shape index (κ2) is 13.8. The van der Waals surface area contributed by atoms with Crippen molar-refractivity contribution in [1.82, 2.24) is 0 Å². The van der Waals surface area contributed by atoms with Gasteiger partial charge in [-0.05, 0) is 25.7 Å². The van der Waals surface area contributed by atoms with Gasteiger partial charge in [0.05, 0.1) is 29.8 Å². The molecule has 0 aromatic carbocycles. The Kier molecular flexibility index (Phi) is 14.4. The lowest BCUT2D eigenvalue weighted by atomic mass is 9.65. The van der Waals surface area contributed by atoms with Crippen LogP contribution in [-0.4, -0.2) is 77.9 Å². The summed E-state index contributed by atoms with van der Waals surface area (Å²) in [6.45, 7) is 0. The zero-order valence-corrected chi connectivity index (χ0v) is 20.0. The lowest BCUT2D eigenvalue weighted by Crippen LogP contribution is -2.61. The molecule has 0 bridgehead atoms. The van der Waals surface area contributed by atoms with Crippen LogP contribution < -0.4 is 0 Å². The first-order valence-electron chi connectivity index (χ1n) is 8.38. The number of alkyl halides is 4. The molecule has 0 aliphatic carbocycles. The van der Waals surface area contributed by atoms with Crippen molar-refractivity contribution in [3.63, 3.8) is 0 Å². The molecule has 0 saturated heterocycles. The molecule has 0 aliphatic heterocycles. The Balaban J connectivity index is 6.45. The molecule has 0 amide bonds. The molecule has 0 fully saturated rings. The standard InChI is InChI=1S/C13H26Cl4O10P2/c14-5-1-9(18)13(10(19)2-6-15,11(20)3-7-16)12(4-8-17)26-29(24,25)27-28(21,22)23/h9-12,18-20H,1-8H2,(H,24,25)(H2,21,22,23). The van der Waals surface area contributed by atoms with E-state index in [4.69, 9.17) is 60.7 Å². The summed E-state index contributed by atoms with van der Waals surface area (Å²) >= 11 is 22.8. The molecular formula is C13H26Cl4O10P2. The molecule has 0 saturated carbocycles. The summed E-state index contributed by atoms with van der Waals surface area (Å²) in [6.07, 6.45) is -7.36. The Morgan fingerprint density at radius 1 is 0.724 bits per heavy atom. The number of aliphatic hydroxyl groups excluding tert-OH is 3. The minimum atomic E-state index is -5.45. The molecule has 0 aromatic rings. The molecular weight excluding hydrogens is 520 g/mol. The summed E-state index contributed by atoms with van der Waals surface area (Å²) in [5.41, 5.74) is -2.08. The number of halogens is 4. The van der Waals surface area contributed by atoms with Crippen molar-refractivity contribution in [1.29, 1.82) is 0 Å². The van der Waals surface area contributed by atoms with Gasteiger partial charge in [-0.2, -0.15) is 4.31 Å². The molecule has 176 valence electrons. The van der Waals surface area contributed by atoms with Crippen LogP contribution in [0.3, 0.4) is 0 Å². The van der Waals surface area contributed by atoms with Crippen molar-refractivity contribution in [2.45, 2.75) is 50.1 Å². The summed E-state index contributed by atoms with van der Waals surface area (Å²) in [4.78, 5) is 27.5. The van der Waals surface area contributed by atoms with Crippen LogP contribution in [0.5, 0.6) is 0 Å². The molecule has 0 aliphatic rings. The minimum absolute atomic E-state index is 0.118. The zero-order valence-electron chi connectivity index (χ0n) is 15.2. The fraction of sp³-hybridized carbons (Fsp3) is 1.00. The molecule has 0 heterocycles. The number of rotatable bonds is 16. The fourth-order valence-corrected chi connectivity index (χ4v) is 5.83. The van der Waals surface area contributed by atoms with Crippen LogP contribution in [0.25, 0.3) is 0 Å². The Hall–Kier alpha value is 1.30. The summed E-state index contributed by atoms with van der Waals surface area (Å²) in [5, 5.41) is 32.4. The van der Waals surface area contributed by atoms with Gasteiger partial charge in [-0.3, -0.25) is 4.52 Å². The number of hydrogen-bond donors (Lipinski definition) is 6. The maximum atomic E-state index is 12.2. The highest BCUT2D eigenvalue weighted by Gasteiger charge is 2.57. The van der Waals surface area contributed by atoms with Crippen LogP contribution in [-0.2, 0) is 18.0 Å². The van der Waals surface area contributed by atoms with Gasteiger partial charge in [0.1, 0.15) is 0 Å². The van der Waals surface area contributed by atoms with E-state index in [9.17, 15) is 29.3 Å². The van der Waals surface area contributed by atoms with Gasteiger partial charge in [-0.25, -0.2) is 9.13 Å². The smallest absolute Gasteiger partial charge is 0.392 e. The number of phosphoric ester groups is 1. The summed E-state index contributed by atoms with van der Waals surface area (Å²) in [5.74, 6) is -0.592. The van der Waals surface area contributed by atoms with E-state index in [1.165, 1.54) is 0 Å². The van der Waals surface area contributed by atoms with Crippen LogP contribution in [0.15, 0.2) is 0 Å². The first kappa shape index (κ1) is 30.3. The largest absolute Gasteiger partial charge is 0.481 e. The van der Waals surface area contributed by atoms with Crippen molar-refractivity contribution in [3.8, 4) is 0 Å². The van der Waals surface area contributed by atoms with E-state index in [-0.39, 0.29) is 49.2 Å². The quantitative estimate of drug-likeness (QED) is 0.124. The Labute approximate surface area is 188 Å². The lowest BCUT2D eigenvalue weighted by Gasteiger charge is -2.49. The molecule has 0 radical (unpaired) electrons. The van der Waals surface area contributed by atoms with Crippen LogP contribution in [0, 0.1) is 5.41 Å². The molecule has 0 aromatic heterocycles. The average Bonchev–Trinajstić information content (AvgIpc) is 2.53. The van der Waals surface area contributed by atoms with Gasteiger partial charge in [-0.15, -0.1) is 46.4 Å². The number of aliphatic hydroxyl groups is 3. The molecule has 5 unspecified atom stereocenters. The number of phosphoric acid groups is 2. The lowest BCUT2D eigenvalue weighted by molar-refractivity contribution is -0.191. The van der Waals surface area contributed by atoms with Gasteiger partial charge < -0.3 is 30.0 Å². The van der Waals surface area contributed by atoms with E-state index in [1.807, 2.05) is 0 Å².